The summed E-state index contributed by atoms with van der Waals surface area (Å²) < 4.78 is 0. The molecule has 0 unspecified atom stereocenters. The van der Waals surface area contributed by atoms with Gasteiger partial charge in [-0.05, 0) is 12.5 Å². The second-order valence-electron chi connectivity index (χ2n) is 6.12. The lowest BCUT2D eigenvalue weighted by Gasteiger charge is -2.34. The highest BCUT2D eigenvalue weighted by Gasteiger charge is 2.23. The Morgan fingerprint density at radius 1 is 1.20 bits per heavy atom. The van der Waals surface area contributed by atoms with Gasteiger partial charge in [0.25, 0.3) is 11.5 Å². The highest BCUT2D eigenvalue weighted by Crippen LogP contribution is 2.07. The topological polar surface area (TPSA) is 69.3 Å². The lowest BCUT2D eigenvalue weighted by molar-refractivity contribution is 0.0648. The van der Waals surface area contributed by atoms with Crippen molar-refractivity contribution in [2.45, 2.75) is 6.92 Å². The lowest BCUT2D eigenvalue weighted by Crippen LogP contribution is -2.49. The highest BCUT2D eigenvalue weighted by molar-refractivity contribution is 5.93. The van der Waals surface area contributed by atoms with Crippen LogP contribution in [0.2, 0.25) is 0 Å². The molecule has 130 valence electrons. The van der Waals surface area contributed by atoms with Crippen LogP contribution in [0.5, 0.6) is 0 Å². The first-order chi connectivity index (χ1) is 12.1. The van der Waals surface area contributed by atoms with Crippen LogP contribution in [-0.2, 0) is 0 Å². The van der Waals surface area contributed by atoms with Crippen molar-refractivity contribution in [3.8, 4) is 0 Å². The van der Waals surface area contributed by atoms with E-state index in [2.05, 4.69) is 39.2 Å². The maximum atomic E-state index is 12.5. The predicted molar refractivity (Wildman–Crippen MR) is 97.4 cm³/mol. The Balaban J connectivity index is 1.52. The molecule has 0 aliphatic carbocycles. The summed E-state index contributed by atoms with van der Waals surface area (Å²) >= 11 is 0. The standard InChI is InChI=1S/C19H22N4O2/c1-15-20-14-17(18(24)21-15)19(25)23-12-10-22(11-13-23)9-5-8-16-6-3-2-4-7-16/h2-8,14H,9-13H2,1H3,(H,20,21,24)/b8-5+. The average molecular weight is 338 g/mol. The van der Waals surface area contributed by atoms with Gasteiger partial charge in [-0.1, -0.05) is 42.5 Å². The molecule has 1 aliphatic heterocycles. The maximum Gasteiger partial charge on any atom is 0.263 e. The smallest absolute Gasteiger partial charge is 0.263 e. The van der Waals surface area contributed by atoms with Crippen LogP contribution in [0.4, 0.5) is 0 Å². The van der Waals surface area contributed by atoms with Crippen molar-refractivity contribution in [3.05, 3.63) is 69.9 Å². The number of carbonyl (C=O) groups is 1. The number of carbonyl (C=O) groups excluding carboxylic acids is 1. The predicted octanol–water partition coefficient (Wildman–Crippen LogP) is 1.55. The Hall–Kier alpha value is -2.73. The van der Waals surface area contributed by atoms with Crippen LogP contribution in [0.25, 0.3) is 6.08 Å². The van der Waals surface area contributed by atoms with Crippen LogP contribution in [-0.4, -0.2) is 58.4 Å². The van der Waals surface area contributed by atoms with Crippen LogP contribution in [0.15, 0.2) is 47.4 Å². The summed E-state index contributed by atoms with van der Waals surface area (Å²) in [5.41, 5.74) is 0.927. The Kier molecular flexibility index (Phi) is 5.40. The number of hydrogen-bond donors (Lipinski definition) is 1. The van der Waals surface area contributed by atoms with Crippen molar-refractivity contribution < 1.29 is 4.79 Å². The summed E-state index contributed by atoms with van der Waals surface area (Å²) in [6, 6.07) is 10.2. The fourth-order valence-corrected chi connectivity index (χ4v) is 2.84. The molecular weight excluding hydrogens is 316 g/mol. The lowest BCUT2D eigenvalue weighted by atomic mass is 10.2. The van der Waals surface area contributed by atoms with Gasteiger partial charge in [0.05, 0.1) is 0 Å². The third kappa shape index (κ3) is 4.42. The molecule has 6 nitrogen and oxygen atoms in total. The number of nitrogens with one attached hydrogen (secondary N) is 1. The molecule has 0 radical (unpaired) electrons. The molecule has 0 atom stereocenters. The van der Waals surface area contributed by atoms with Gasteiger partial charge in [-0.15, -0.1) is 0 Å². The van der Waals surface area contributed by atoms with Gasteiger partial charge in [-0.3, -0.25) is 14.5 Å². The zero-order valence-corrected chi connectivity index (χ0v) is 14.3. The van der Waals surface area contributed by atoms with Crippen molar-refractivity contribution in [2.24, 2.45) is 0 Å². The molecule has 3 rings (SSSR count). The van der Waals surface area contributed by atoms with E-state index in [-0.39, 0.29) is 17.0 Å². The van der Waals surface area contributed by atoms with E-state index >= 15 is 0 Å². The van der Waals surface area contributed by atoms with Crippen molar-refractivity contribution in [1.82, 2.24) is 19.8 Å². The highest BCUT2D eigenvalue weighted by atomic mass is 16.2. The number of rotatable bonds is 4. The number of hydrogen-bond acceptors (Lipinski definition) is 4. The van der Waals surface area contributed by atoms with E-state index in [4.69, 9.17) is 0 Å². The second-order valence-corrected chi connectivity index (χ2v) is 6.12. The first-order valence-electron chi connectivity index (χ1n) is 8.42. The van der Waals surface area contributed by atoms with Crippen molar-refractivity contribution >= 4 is 12.0 Å². The second kappa shape index (κ2) is 7.90. The van der Waals surface area contributed by atoms with E-state index in [1.54, 1.807) is 11.8 Å². The van der Waals surface area contributed by atoms with Crippen molar-refractivity contribution in [3.63, 3.8) is 0 Å². The minimum absolute atomic E-state index is 0.114. The summed E-state index contributed by atoms with van der Waals surface area (Å²) in [4.78, 5) is 35.0. The van der Waals surface area contributed by atoms with Crippen molar-refractivity contribution in [2.75, 3.05) is 32.7 Å². The van der Waals surface area contributed by atoms with Gasteiger partial charge in [-0.2, -0.15) is 0 Å². The molecular formula is C19H22N4O2. The molecule has 1 N–H and O–H groups in total. The number of H-pyrrole nitrogens is 1. The summed E-state index contributed by atoms with van der Waals surface area (Å²) in [6.45, 7) is 5.36. The number of aromatic nitrogens is 2. The molecule has 0 saturated carbocycles. The minimum atomic E-state index is -0.370. The van der Waals surface area contributed by atoms with E-state index in [0.717, 1.165) is 19.6 Å². The van der Waals surface area contributed by atoms with Gasteiger partial charge in [0.15, 0.2) is 0 Å². The van der Waals surface area contributed by atoms with E-state index in [0.29, 0.717) is 18.9 Å². The van der Waals surface area contributed by atoms with Crippen LogP contribution < -0.4 is 5.56 Å². The maximum absolute atomic E-state index is 12.5. The summed E-state index contributed by atoms with van der Waals surface area (Å²) in [7, 11) is 0. The summed E-state index contributed by atoms with van der Waals surface area (Å²) in [5, 5.41) is 0. The van der Waals surface area contributed by atoms with Gasteiger partial charge in [0, 0.05) is 38.9 Å². The third-order valence-electron chi connectivity index (χ3n) is 4.29. The zero-order valence-electron chi connectivity index (χ0n) is 14.3. The van der Waals surface area contributed by atoms with Crippen molar-refractivity contribution in [1.29, 1.82) is 0 Å². The number of aromatic amines is 1. The largest absolute Gasteiger partial charge is 0.336 e. The van der Waals surface area contributed by atoms with E-state index in [9.17, 15) is 9.59 Å². The van der Waals surface area contributed by atoms with Crippen LogP contribution >= 0.6 is 0 Å². The fourth-order valence-electron chi connectivity index (χ4n) is 2.84. The first kappa shape index (κ1) is 17.1. The minimum Gasteiger partial charge on any atom is -0.336 e. The van der Waals surface area contributed by atoms with Crippen LogP contribution in [0, 0.1) is 6.92 Å². The molecule has 1 saturated heterocycles. The summed E-state index contributed by atoms with van der Waals surface area (Å²) in [6.07, 6.45) is 5.61. The van der Waals surface area contributed by atoms with E-state index in [1.165, 1.54) is 11.8 Å². The van der Waals surface area contributed by atoms with Gasteiger partial charge in [-0.25, -0.2) is 4.98 Å². The molecule has 1 aromatic heterocycles. The molecule has 1 fully saturated rings. The zero-order chi connectivity index (χ0) is 17.6. The quantitative estimate of drug-likeness (QED) is 0.918. The Morgan fingerprint density at radius 3 is 2.60 bits per heavy atom. The molecule has 6 heteroatoms. The first-order valence-corrected chi connectivity index (χ1v) is 8.42. The SMILES string of the molecule is Cc1ncc(C(=O)N2CCN(C/C=C/c3ccccc3)CC2)c(=O)[nH]1. The fraction of sp³-hybridized carbons (Fsp3) is 0.316. The average Bonchev–Trinajstić information content (AvgIpc) is 2.63. The molecule has 1 aromatic carbocycles. The van der Waals surface area contributed by atoms with Gasteiger partial charge < -0.3 is 9.88 Å². The number of benzene rings is 1. The number of aryl methyl sites for hydroxylation is 1. The normalized spacial score (nSPS) is 15.6. The van der Waals surface area contributed by atoms with Gasteiger partial charge in [0.2, 0.25) is 0 Å². The van der Waals surface area contributed by atoms with Crippen LogP contribution in [0.3, 0.4) is 0 Å². The molecule has 2 heterocycles. The number of amides is 1. The Bertz CT molecular complexity index is 806. The third-order valence-corrected chi connectivity index (χ3v) is 4.29. The molecule has 1 amide bonds. The Labute approximate surface area is 146 Å². The van der Waals surface area contributed by atoms with Gasteiger partial charge in [0.1, 0.15) is 11.4 Å². The monoisotopic (exact) mass is 338 g/mol. The molecule has 25 heavy (non-hydrogen) atoms. The molecule has 1 aliphatic rings. The molecule has 2 aromatic rings. The number of nitrogens with zero attached hydrogens (tertiary/aromatic N) is 3. The number of piperazine rings is 1. The van der Waals surface area contributed by atoms with Crippen LogP contribution in [0.1, 0.15) is 21.7 Å². The van der Waals surface area contributed by atoms with E-state index < -0.39 is 0 Å². The molecule has 0 bridgehead atoms. The molecule has 0 spiro atoms. The summed E-state index contributed by atoms with van der Waals surface area (Å²) in [5.74, 6) is 0.268. The van der Waals surface area contributed by atoms with Gasteiger partial charge >= 0.3 is 0 Å². The van der Waals surface area contributed by atoms with E-state index in [1.807, 2.05) is 18.2 Å². The Morgan fingerprint density at radius 2 is 1.92 bits per heavy atom.